The van der Waals surface area contributed by atoms with Gasteiger partial charge in [-0.1, -0.05) is 23.8 Å². The molecule has 0 saturated heterocycles. The van der Waals surface area contributed by atoms with Crippen LogP contribution in [0.2, 0.25) is 0 Å². The minimum atomic E-state index is -4.02. The molecule has 0 amide bonds. The zero-order valence-corrected chi connectivity index (χ0v) is 15.1. The van der Waals surface area contributed by atoms with Crippen molar-refractivity contribution in [3.05, 3.63) is 54.1 Å². The fourth-order valence-corrected chi connectivity index (χ4v) is 3.53. The Hall–Kier alpha value is -1.99. The van der Waals surface area contributed by atoms with Crippen LogP contribution in [0.3, 0.4) is 0 Å². The van der Waals surface area contributed by atoms with E-state index in [0.29, 0.717) is 5.75 Å². The van der Waals surface area contributed by atoms with Crippen LogP contribution in [0.15, 0.2) is 58.4 Å². The second kappa shape index (κ2) is 7.49. The molecule has 0 spiro atoms. The van der Waals surface area contributed by atoms with Gasteiger partial charge in [0.05, 0.1) is 17.7 Å². The molecule has 0 aliphatic rings. The van der Waals surface area contributed by atoms with E-state index < -0.39 is 26.7 Å². The van der Waals surface area contributed by atoms with Crippen molar-refractivity contribution in [2.24, 2.45) is 4.99 Å². The Labute approximate surface area is 150 Å². The fraction of sp³-hybridized carbons (Fsp3) is 0.235. The molecule has 0 heterocycles. The maximum Gasteiger partial charge on any atom is 0.362 e. The van der Waals surface area contributed by atoms with Crippen LogP contribution in [0.1, 0.15) is 5.56 Å². The molecule has 4 nitrogen and oxygen atoms in total. The molecule has 0 aliphatic heterocycles. The topological polar surface area (TPSA) is 55.7 Å². The number of methoxy groups -OCH3 is 1. The lowest BCUT2D eigenvalue weighted by Gasteiger charge is -2.13. The summed E-state index contributed by atoms with van der Waals surface area (Å²) >= 11 is 5.08. The number of ether oxygens (including phenoxy) is 1. The van der Waals surface area contributed by atoms with Gasteiger partial charge in [0.2, 0.25) is 0 Å². The van der Waals surface area contributed by atoms with Crippen molar-refractivity contribution < 1.29 is 21.9 Å². The Morgan fingerprint density at radius 2 is 1.84 bits per heavy atom. The number of hydrogen-bond donors (Lipinski definition) is 0. The largest absolute Gasteiger partial charge is 0.497 e. The summed E-state index contributed by atoms with van der Waals surface area (Å²) < 4.78 is 57.2. The molecule has 0 bridgehead atoms. The van der Waals surface area contributed by atoms with Gasteiger partial charge in [0.1, 0.15) is 17.2 Å². The maximum atomic E-state index is 13.7. The summed E-state index contributed by atoms with van der Waals surface area (Å²) in [4.78, 5) is 3.67. The van der Waals surface area contributed by atoms with E-state index in [1.807, 2.05) is 0 Å². The first-order chi connectivity index (χ1) is 11.6. The van der Waals surface area contributed by atoms with Crippen molar-refractivity contribution in [2.45, 2.75) is 17.2 Å². The molecular weight excluding hydrogens is 372 g/mol. The van der Waals surface area contributed by atoms with E-state index in [0.717, 1.165) is 5.56 Å². The van der Waals surface area contributed by atoms with Crippen LogP contribution in [0, 0.1) is 6.92 Å². The number of aryl methyl sites for hydroxylation is 1. The predicted octanol–water partition coefficient (Wildman–Crippen LogP) is 4.38. The maximum absolute atomic E-state index is 13.7. The third-order valence-corrected chi connectivity index (χ3v) is 5.21. The highest BCUT2D eigenvalue weighted by atomic mass is 35.5. The Balaban J connectivity index is 2.41. The van der Waals surface area contributed by atoms with Gasteiger partial charge in [-0.05, 0) is 42.8 Å². The molecule has 2 aromatic rings. The SMILES string of the molecule is COc1cccc(N=C(CS(=O)(=O)c2ccc(C)cc2)C(F)(F)Cl)c1. The average molecular weight is 388 g/mol. The summed E-state index contributed by atoms with van der Waals surface area (Å²) in [5, 5.41) is -3.90. The van der Waals surface area contributed by atoms with Crippen LogP contribution in [0.4, 0.5) is 14.5 Å². The Bertz CT molecular complexity index is 876. The molecule has 2 rings (SSSR count). The number of alkyl halides is 3. The lowest BCUT2D eigenvalue weighted by atomic mass is 10.2. The van der Waals surface area contributed by atoms with Gasteiger partial charge in [0.15, 0.2) is 9.84 Å². The van der Waals surface area contributed by atoms with E-state index in [4.69, 9.17) is 16.3 Å². The van der Waals surface area contributed by atoms with Crippen molar-refractivity contribution in [1.82, 2.24) is 0 Å². The quantitative estimate of drug-likeness (QED) is 0.546. The summed E-state index contributed by atoms with van der Waals surface area (Å²) in [6, 6.07) is 11.9. The lowest BCUT2D eigenvalue weighted by molar-refractivity contribution is 0.175. The van der Waals surface area contributed by atoms with Gasteiger partial charge in [-0.3, -0.25) is 0 Å². The van der Waals surface area contributed by atoms with Crippen LogP contribution in [-0.2, 0) is 9.84 Å². The van der Waals surface area contributed by atoms with Crippen molar-refractivity contribution >= 4 is 32.8 Å². The van der Waals surface area contributed by atoms with E-state index in [1.54, 1.807) is 31.2 Å². The van der Waals surface area contributed by atoms with Gasteiger partial charge in [0, 0.05) is 6.07 Å². The minimum Gasteiger partial charge on any atom is -0.497 e. The summed E-state index contributed by atoms with van der Waals surface area (Å²) in [5.41, 5.74) is 0.0173. The fourth-order valence-electron chi connectivity index (χ4n) is 2.02. The summed E-state index contributed by atoms with van der Waals surface area (Å²) in [5.74, 6) is -0.594. The van der Waals surface area contributed by atoms with Gasteiger partial charge in [-0.25, -0.2) is 13.4 Å². The van der Waals surface area contributed by atoms with Gasteiger partial charge in [-0.2, -0.15) is 8.78 Å². The molecule has 134 valence electrons. The smallest absolute Gasteiger partial charge is 0.362 e. The van der Waals surface area contributed by atoms with Crippen molar-refractivity contribution in [2.75, 3.05) is 12.9 Å². The average Bonchev–Trinajstić information content (AvgIpc) is 2.54. The summed E-state index contributed by atoms with van der Waals surface area (Å²) in [7, 11) is -2.60. The zero-order valence-electron chi connectivity index (χ0n) is 13.5. The number of rotatable bonds is 6. The molecule has 25 heavy (non-hydrogen) atoms. The summed E-state index contributed by atoms with van der Waals surface area (Å²) in [6.45, 7) is 1.79. The molecule has 0 fully saturated rings. The highest BCUT2D eigenvalue weighted by molar-refractivity contribution is 7.92. The minimum absolute atomic E-state index is 0.0719. The highest BCUT2D eigenvalue weighted by Gasteiger charge is 2.36. The predicted molar refractivity (Wildman–Crippen MR) is 94.1 cm³/mol. The normalized spacial score (nSPS) is 12.9. The van der Waals surface area contributed by atoms with Crippen molar-refractivity contribution in [3.8, 4) is 5.75 Å². The first-order valence-corrected chi connectivity index (χ1v) is 9.23. The number of benzene rings is 2. The van der Waals surface area contributed by atoms with Crippen LogP contribution in [-0.4, -0.2) is 32.4 Å². The molecule has 0 atom stereocenters. The van der Waals surface area contributed by atoms with E-state index >= 15 is 0 Å². The molecule has 0 saturated carbocycles. The second-order valence-corrected chi connectivity index (χ2v) is 7.79. The molecule has 0 radical (unpaired) electrons. The van der Waals surface area contributed by atoms with Gasteiger partial charge in [0.25, 0.3) is 0 Å². The molecular formula is C17H16ClF2NO3S. The van der Waals surface area contributed by atoms with Crippen LogP contribution >= 0.6 is 11.6 Å². The number of aliphatic imine (C=N–C) groups is 1. The zero-order chi connectivity index (χ0) is 18.7. The van der Waals surface area contributed by atoms with Crippen LogP contribution < -0.4 is 4.74 Å². The summed E-state index contributed by atoms with van der Waals surface area (Å²) in [6.07, 6.45) is 0. The van der Waals surface area contributed by atoms with Crippen LogP contribution in [0.25, 0.3) is 0 Å². The first-order valence-electron chi connectivity index (χ1n) is 7.20. The molecule has 0 unspecified atom stereocenters. The number of sulfone groups is 1. The number of halogens is 3. The molecule has 0 aliphatic carbocycles. The van der Waals surface area contributed by atoms with Gasteiger partial charge in [-0.15, -0.1) is 0 Å². The van der Waals surface area contributed by atoms with E-state index in [9.17, 15) is 17.2 Å². The van der Waals surface area contributed by atoms with Crippen molar-refractivity contribution in [3.63, 3.8) is 0 Å². The lowest BCUT2D eigenvalue weighted by Crippen LogP contribution is -2.29. The Morgan fingerprint density at radius 3 is 2.40 bits per heavy atom. The first kappa shape index (κ1) is 19.3. The second-order valence-electron chi connectivity index (χ2n) is 5.33. The third kappa shape index (κ3) is 5.24. The monoisotopic (exact) mass is 387 g/mol. The van der Waals surface area contributed by atoms with E-state index in [1.165, 1.54) is 31.4 Å². The van der Waals surface area contributed by atoms with E-state index in [2.05, 4.69) is 4.99 Å². The van der Waals surface area contributed by atoms with Crippen molar-refractivity contribution in [1.29, 1.82) is 0 Å². The van der Waals surface area contributed by atoms with Gasteiger partial charge >= 0.3 is 5.38 Å². The molecule has 2 aromatic carbocycles. The standard InChI is InChI=1S/C17H16ClF2NO3S/c1-12-6-8-15(9-7-12)25(22,23)11-16(17(18,19)20)21-13-4-3-5-14(10-13)24-2/h3-10H,11H2,1-2H3. The van der Waals surface area contributed by atoms with E-state index in [-0.39, 0.29) is 10.6 Å². The Kier molecular flexibility index (Phi) is 5.80. The molecule has 0 N–H and O–H groups in total. The Morgan fingerprint density at radius 1 is 1.20 bits per heavy atom. The van der Waals surface area contributed by atoms with Gasteiger partial charge < -0.3 is 4.74 Å². The third-order valence-electron chi connectivity index (χ3n) is 3.35. The number of nitrogens with zero attached hydrogens (tertiary/aromatic N) is 1. The molecule has 8 heteroatoms. The molecule has 0 aromatic heterocycles. The highest BCUT2D eigenvalue weighted by Crippen LogP contribution is 2.28. The van der Waals surface area contributed by atoms with Crippen LogP contribution in [0.5, 0.6) is 5.75 Å². The number of hydrogen-bond acceptors (Lipinski definition) is 4.